The summed E-state index contributed by atoms with van der Waals surface area (Å²) in [5, 5.41) is 0. The van der Waals surface area contributed by atoms with Gasteiger partial charge in [0.2, 0.25) is 0 Å². The van der Waals surface area contributed by atoms with E-state index in [1.54, 1.807) is 0 Å². The van der Waals surface area contributed by atoms with Crippen molar-refractivity contribution in [3.8, 4) is 0 Å². The zero-order chi connectivity index (χ0) is 15.7. The lowest BCUT2D eigenvalue weighted by Gasteiger charge is -2.17. The Kier molecular flexibility index (Phi) is 4.16. The minimum atomic E-state index is -4.71. The first-order chi connectivity index (χ1) is 9.19. The van der Waals surface area contributed by atoms with Crippen LogP contribution in [0.3, 0.4) is 0 Å². The van der Waals surface area contributed by atoms with Crippen LogP contribution in [-0.4, -0.2) is 13.9 Å². The maximum absolute atomic E-state index is 13.6. The van der Waals surface area contributed by atoms with Crippen molar-refractivity contribution in [2.24, 2.45) is 0 Å². The average molecular weight is 295 g/mol. The minimum Gasteiger partial charge on any atom is -0.247 e. The number of hydrogen-bond acceptors (Lipinski definition) is 3. The fourth-order valence-corrected chi connectivity index (χ4v) is 1.37. The molecule has 0 saturated carbocycles. The highest BCUT2D eigenvalue weighted by Gasteiger charge is 2.42. The fourth-order valence-electron chi connectivity index (χ4n) is 1.37. The molecule has 0 amide bonds. The van der Waals surface area contributed by atoms with E-state index >= 15 is 0 Å². The molecular formula is C10H9F4N3O3. The normalized spacial score (nSPS) is 12.6. The highest BCUT2D eigenvalue weighted by atomic mass is 19.3. The molecule has 6 nitrogen and oxygen atoms in total. The SMILES string of the molecule is C=CCn1c(=O)n(F)c(=O)n(C(F)(F)C(F)=CC)c1=O. The minimum absolute atomic E-state index is 0.0226. The molecular weight excluding hydrogens is 286 g/mol. The maximum Gasteiger partial charge on any atom is 0.389 e. The van der Waals surface area contributed by atoms with E-state index in [2.05, 4.69) is 6.58 Å². The van der Waals surface area contributed by atoms with Gasteiger partial charge in [-0.3, -0.25) is 0 Å². The van der Waals surface area contributed by atoms with E-state index in [4.69, 9.17) is 0 Å². The van der Waals surface area contributed by atoms with Gasteiger partial charge in [0.05, 0.1) is 6.54 Å². The van der Waals surface area contributed by atoms with Crippen LogP contribution >= 0.6 is 0 Å². The van der Waals surface area contributed by atoms with Crippen LogP contribution in [0, 0.1) is 0 Å². The molecule has 1 heterocycles. The zero-order valence-corrected chi connectivity index (χ0v) is 10.1. The van der Waals surface area contributed by atoms with E-state index in [1.165, 1.54) is 0 Å². The van der Waals surface area contributed by atoms with Gasteiger partial charge in [-0.15, -0.1) is 6.58 Å². The Bertz CT molecular complexity index is 742. The van der Waals surface area contributed by atoms with Crippen molar-refractivity contribution in [3.05, 3.63) is 56.0 Å². The Morgan fingerprint density at radius 3 is 2.25 bits per heavy atom. The van der Waals surface area contributed by atoms with E-state index in [-0.39, 0.29) is 4.57 Å². The molecule has 0 saturated heterocycles. The van der Waals surface area contributed by atoms with Gasteiger partial charge >= 0.3 is 23.1 Å². The molecule has 1 aromatic rings. The summed E-state index contributed by atoms with van der Waals surface area (Å²) >= 11 is 0. The van der Waals surface area contributed by atoms with Gasteiger partial charge in [0, 0.05) is 0 Å². The number of alkyl halides is 2. The Morgan fingerprint density at radius 2 is 1.80 bits per heavy atom. The summed E-state index contributed by atoms with van der Waals surface area (Å²) in [4.78, 5) is 33.0. The van der Waals surface area contributed by atoms with E-state index in [1.807, 2.05) is 0 Å². The van der Waals surface area contributed by atoms with Crippen molar-refractivity contribution < 1.29 is 17.7 Å². The van der Waals surface area contributed by atoms with Crippen molar-refractivity contribution in [3.63, 3.8) is 0 Å². The van der Waals surface area contributed by atoms with Crippen LogP contribution in [0.1, 0.15) is 6.92 Å². The van der Waals surface area contributed by atoms with Crippen LogP contribution in [0.4, 0.5) is 17.7 Å². The number of rotatable bonds is 4. The molecule has 0 radical (unpaired) electrons. The monoisotopic (exact) mass is 295 g/mol. The Labute approximate surface area is 108 Å². The second-order valence-electron chi connectivity index (χ2n) is 3.54. The van der Waals surface area contributed by atoms with E-state index in [0.29, 0.717) is 6.08 Å². The highest BCUT2D eigenvalue weighted by Crippen LogP contribution is 2.27. The largest absolute Gasteiger partial charge is 0.389 e. The molecule has 110 valence electrons. The summed E-state index contributed by atoms with van der Waals surface area (Å²) in [6.07, 6.45) is 1.25. The first-order valence-electron chi connectivity index (χ1n) is 5.16. The quantitative estimate of drug-likeness (QED) is 0.600. The Balaban J connectivity index is 3.92. The second kappa shape index (κ2) is 5.31. The van der Waals surface area contributed by atoms with Crippen molar-refractivity contribution >= 4 is 0 Å². The number of aromatic nitrogens is 3. The second-order valence-corrected chi connectivity index (χ2v) is 3.54. The number of nitrogens with zero attached hydrogens (tertiary/aromatic N) is 3. The molecule has 20 heavy (non-hydrogen) atoms. The summed E-state index contributed by atoms with van der Waals surface area (Å²) in [6, 6.07) is -4.71. The summed E-state index contributed by atoms with van der Waals surface area (Å²) in [7, 11) is 0. The molecule has 0 atom stereocenters. The molecule has 0 aromatic carbocycles. The van der Waals surface area contributed by atoms with Gasteiger partial charge in [0.1, 0.15) is 0 Å². The predicted octanol–water partition coefficient (Wildman–Crippen LogP) is 0.513. The van der Waals surface area contributed by atoms with Crippen LogP contribution in [0.5, 0.6) is 0 Å². The van der Waals surface area contributed by atoms with Crippen LogP contribution < -0.4 is 17.1 Å². The van der Waals surface area contributed by atoms with Crippen molar-refractivity contribution in [2.75, 3.05) is 0 Å². The van der Waals surface area contributed by atoms with Crippen molar-refractivity contribution in [2.45, 2.75) is 19.5 Å². The molecule has 0 spiro atoms. The number of halogens is 4. The first-order valence-corrected chi connectivity index (χ1v) is 5.16. The third kappa shape index (κ3) is 2.24. The molecule has 0 unspecified atom stereocenters. The summed E-state index contributed by atoms with van der Waals surface area (Å²) in [5.74, 6) is -2.14. The van der Waals surface area contributed by atoms with Gasteiger partial charge < -0.3 is 0 Å². The Morgan fingerprint density at radius 1 is 1.25 bits per heavy atom. The summed E-state index contributed by atoms with van der Waals surface area (Å²) in [6.45, 7) is 3.40. The van der Waals surface area contributed by atoms with Gasteiger partial charge in [0.15, 0.2) is 5.83 Å². The maximum atomic E-state index is 13.6. The van der Waals surface area contributed by atoms with E-state index in [0.717, 1.165) is 13.0 Å². The van der Waals surface area contributed by atoms with Gasteiger partial charge in [-0.1, -0.05) is 15.3 Å². The fraction of sp³-hybridized carbons (Fsp3) is 0.300. The van der Waals surface area contributed by atoms with E-state index < -0.39 is 44.8 Å². The first kappa shape index (κ1) is 15.7. The lowest BCUT2D eigenvalue weighted by molar-refractivity contribution is -0.0740. The molecule has 0 aliphatic heterocycles. The molecule has 1 rings (SSSR count). The predicted molar refractivity (Wildman–Crippen MR) is 61.0 cm³/mol. The van der Waals surface area contributed by atoms with Crippen LogP contribution in [0.25, 0.3) is 0 Å². The topological polar surface area (TPSA) is 66.0 Å². The molecule has 0 aliphatic carbocycles. The average Bonchev–Trinajstić information content (AvgIpc) is 2.40. The van der Waals surface area contributed by atoms with Gasteiger partial charge in [-0.25, -0.2) is 23.3 Å². The third-order valence-electron chi connectivity index (χ3n) is 2.31. The van der Waals surface area contributed by atoms with Crippen molar-refractivity contribution in [1.82, 2.24) is 13.9 Å². The van der Waals surface area contributed by atoms with Crippen LogP contribution in [-0.2, 0) is 12.6 Å². The van der Waals surface area contributed by atoms with Crippen LogP contribution in [0.2, 0.25) is 0 Å². The molecule has 1 aromatic heterocycles. The standard InChI is InChI=1S/C10H9F4N3O3/c1-3-5-15-7(18)16(9(20)17(14)8(15)19)10(12,13)6(11)4-2/h3-4H,1,5H2,2H3. The molecule has 0 fully saturated rings. The van der Waals surface area contributed by atoms with Gasteiger partial charge in [-0.2, -0.15) is 13.3 Å². The summed E-state index contributed by atoms with van der Waals surface area (Å²) in [5.41, 5.74) is -5.88. The van der Waals surface area contributed by atoms with Crippen LogP contribution in [0.15, 0.2) is 38.9 Å². The van der Waals surface area contributed by atoms with Gasteiger partial charge in [-0.05, 0) is 13.0 Å². The Hall–Kier alpha value is -2.39. The molecule has 10 heteroatoms. The van der Waals surface area contributed by atoms with Gasteiger partial charge in [0.25, 0.3) is 0 Å². The molecule has 0 bridgehead atoms. The summed E-state index contributed by atoms with van der Waals surface area (Å²) < 4.78 is 52.5. The number of allylic oxidation sites excluding steroid dienone is 3. The lowest BCUT2D eigenvalue weighted by atomic mass is 10.4. The van der Waals surface area contributed by atoms with E-state index in [9.17, 15) is 32.0 Å². The number of hydrogen-bond donors (Lipinski definition) is 0. The molecule has 0 N–H and O–H groups in total. The molecule has 0 aliphatic rings. The van der Waals surface area contributed by atoms with Crippen molar-refractivity contribution in [1.29, 1.82) is 0 Å². The third-order valence-corrected chi connectivity index (χ3v) is 2.31. The lowest BCUT2D eigenvalue weighted by Crippen LogP contribution is -2.57. The zero-order valence-electron chi connectivity index (χ0n) is 10.1. The smallest absolute Gasteiger partial charge is 0.247 e. The highest BCUT2D eigenvalue weighted by molar-refractivity contribution is 5.01.